The number of thiocarbonyl (C=S) groups is 1. The van der Waals surface area contributed by atoms with Crippen LogP contribution in [0.3, 0.4) is 0 Å². The summed E-state index contributed by atoms with van der Waals surface area (Å²) in [7, 11) is 0. The molecule has 1 fully saturated rings. The second kappa shape index (κ2) is 10.2. The van der Waals surface area contributed by atoms with Gasteiger partial charge in [-0.15, -0.1) is 0 Å². The van der Waals surface area contributed by atoms with E-state index in [0.29, 0.717) is 11.7 Å². The Kier molecular flexibility index (Phi) is 6.35. The summed E-state index contributed by atoms with van der Waals surface area (Å²) >= 11 is 5.90. The van der Waals surface area contributed by atoms with Crippen molar-refractivity contribution in [1.29, 1.82) is 0 Å². The topological polar surface area (TPSA) is 55.2 Å². The summed E-state index contributed by atoms with van der Waals surface area (Å²) in [5, 5.41) is 4.19. The van der Waals surface area contributed by atoms with Gasteiger partial charge in [0.15, 0.2) is 5.11 Å². The average molecular weight is 504 g/mol. The zero-order chi connectivity index (χ0) is 25.0. The van der Waals surface area contributed by atoms with Crippen LogP contribution >= 0.6 is 12.2 Å². The maximum absolute atomic E-state index is 6.01. The Morgan fingerprint density at radius 3 is 2.22 bits per heavy atom. The molecule has 3 aromatic heterocycles. The Labute approximate surface area is 221 Å². The van der Waals surface area contributed by atoms with Crippen LogP contribution in [0.1, 0.15) is 29.2 Å². The number of hydrogen-bond donors (Lipinski definition) is 1. The molecule has 4 heterocycles. The van der Waals surface area contributed by atoms with Crippen LogP contribution in [0.2, 0.25) is 0 Å². The number of aromatic nitrogens is 3. The Morgan fingerprint density at radius 2 is 1.49 bits per heavy atom. The highest BCUT2D eigenvalue weighted by Gasteiger charge is 2.42. The Bertz CT molecular complexity index is 1470. The van der Waals surface area contributed by atoms with Gasteiger partial charge in [-0.05, 0) is 85.0 Å². The van der Waals surface area contributed by atoms with Crippen molar-refractivity contribution in [3.8, 4) is 11.5 Å². The average Bonchev–Trinajstić information content (AvgIpc) is 3.54. The summed E-state index contributed by atoms with van der Waals surface area (Å²) in [6.07, 6.45) is 5.74. The van der Waals surface area contributed by atoms with Crippen LogP contribution in [0, 0.1) is 0 Å². The fourth-order valence-corrected chi connectivity index (χ4v) is 5.08. The predicted molar refractivity (Wildman–Crippen MR) is 149 cm³/mol. The van der Waals surface area contributed by atoms with Gasteiger partial charge in [-0.25, -0.2) is 0 Å². The minimum Gasteiger partial charge on any atom is -0.457 e. The lowest BCUT2D eigenvalue weighted by Crippen LogP contribution is -2.30. The highest BCUT2D eigenvalue weighted by molar-refractivity contribution is 7.80. The van der Waals surface area contributed by atoms with Crippen LogP contribution in [-0.4, -0.2) is 19.6 Å². The molecule has 182 valence electrons. The summed E-state index contributed by atoms with van der Waals surface area (Å²) in [4.78, 5) is 11.4. The van der Waals surface area contributed by atoms with Crippen molar-refractivity contribution >= 4 is 23.0 Å². The van der Waals surface area contributed by atoms with E-state index >= 15 is 0 Å². The molecule has 1 saturated heterocycles. The second-order valence-corrected chi connectivity index (χ2v) is 9.17. The lowest BCUT2D eigenvalue weighted by Gasteiger charge is -2.29. The number of rotatable bonds is 7. The van der Waals surface area contributed by atoms with Gasteiger partial charge in [0, 0.05) is 30.0 Å². The van der Waals surface area contributed by atoms with Crippen molar-refractivity contribution in [3.05, 3.63) is 139 Å². The lowest BCUT2D eigenvalue weighted by molar-refractivity contribution is 0.482. The van der Waals surface area contributed by atoms with Crippen LogP contribution < -0.4 is 15.0 Å². The van der Waals surface area contributed by atoms with Crippen LogP contribution in [0.15, 0.2) is 122 Å². The number of para-hydroxylation sites is 1. The Hall–Kier alpha value is -4.49. The smallest absolute Gasteiger partial charge is 0.174 e. The largest absolute Gasteiger partial charge is 0.457 e. The first-order valence-electron chi connectivity index (χ1n) is 12.1. The number of anilines is 1. The van der Waals surface area contributed by atoms with Crippen molar-refractivity contribution in [2.45, 2.75) is 18.6 Å². The summed E-state index contributed by atoms with van der Waals surface area (Å²) in [5.74, 6) is 1.57. The van der Waals surface area contributed by atoms with Crippen LogP contribution in [0.25, 0.3) is 0 Å². The van der Waals surface area contributed by atoms with Gasteiger partial charge in [0.1, 0.15) is 17.5 Å². The van der Waals surface area contributed by atoms with Gasteiger partial charge >= 0.3 is 0 Å². The number of nitrogens with one attached hydrogen (secondary N) is 1. The first-order valence-corrected chi connectivity index (χ1v) is 12.6. The molecule has 0 amide bonds. The SMILES string of the molecule is S=C1N[C@H](c2ccccn2)[C@@H](c2cccn2Cc2ccccn2)N1c1ccc(Oc2ccccc2)cc1. The van der Waals surface area contributed by atoms with E-state index in [-0.39, 0.29) is 12.1 Å². The summed E-state index contributed by atoms with van der Waals surface area (Å²) in [5.41, 5.74) is 4.04. The molecule has 0 radical (unpaired) electrons. The molecule has 1 aliphatic rings. The zero-order valence-electron chi connectivity index (χ0n) is 20.0. The van der Waals surface area contributed by atoms with Crippen LogP contribution in [0.4, 0.5) is 5.69 Å². The molecule has 2 aromatic carbocycles. The number of hydrogen-bond acceptors (Lipinski definition) is 4. The molecule has 2 atom stereocenters. The minimum atomic E-state index is -0.119. The molecule has 0 unspecified atom stereocenters. The maximum atomic E-state index is 6.01. The number of benzene rings is 2. The molecule has 6 nitrogen and oxygen atoms in total. The highest BCUT2D eigenvalue weighted by Crippen LogP contribution is 2.42. The molecule has 6 rings (SSSR count). The van der Waals surface area contributed by atoms with E-state index in [0.717, 1.165) is 34.3 Å². The maximum Gasteiger partial charge on any atom is 0.174 e. The van der Waals surface area contributed by atoms with Gasteiger partial charge in [0.2, 0.25) is 0 Å². The Morgan fingerprint density at radius 1 is 0.757 bits per heavy atom. The number of nitrogens with zero attached hydrogens (tertiary/aromatic N) is 4. The molecule has 0 bridgehead atoms. The normalized spacial score (nSPS) is 17.0. The molecule has 5 aromatic rings. The minimum absolute atomic E-state index is 0.109. The monoisotopic (exact) mass is 503 g/mol. The van der Waals surface area contributed by atoms with E-state index < -0.39 is 0 Å². The molecular weight excluding hydrogens is 478 g/mol. The second-order valence-electron chi connectivity index (χ2n) is 8.79. The van der Waals surface area contributed by atoms with Crippen molar-refractivity contribution in [1.82, 2.24) is 19.9 Å². The van der Waals surface area contributed by atoms with E-state index in [1.165, 1.54) is 0 Å². The third-order valence-corrected chi connectivity index (χ3v) is 6.73. The Balaban J connectivity index is 1.36. The van der Waals surface area contributed by atoms with E-state index in [1.54, 1.807) is 0 Å². The molecule has 1 N–H and O–H groups in total. The van der Waals surface area contributed by atoms with E-state index in [4.69, 9.17) is 17.0 Å². The first kappa shape index (κ1) is 22.9. The van der Waals surface area contributed by atoms with Gasteiger partial charge in [-0.3, -0.25) is 9.97 Å². The van der Waals surface area contributed by atoms with E-state index in [9.17, 15) is 0 Å². The van der Waals surface area contributed by atoms with E-state index in [2.05, 4.69) is 43.1 Å². The van der Waals surface area contributed by atoms with Gasteiger partial charge in [-0.1, -0.05) is 30.3 Å². The van der Waals surface area contributed by atoms with E-state index in [1.807, 2.05) is 103 Å². The fourth-order valence-electron chi connectivity index (χ4n) is 4.74. The summed E-state index contributed by atoms with van der Waals surface area (Å²) in [6.45, 7) is 0.666. The molecule has 1 aliphatic heterocycles. The molecule has 0 spiro atoms. The number of pyridine rings is 2. The lowest BCUT2D eigenvalue weighted by atomic mass is 10.0. The van der Waals surface area contributed by atoms with Gasteiger partial charge in [0.25, 0.3) is 0 Å². The molecule has 0 saturated carbocycles. The molecule has 7 heteroatoms. The third-order valence-electron chi connectivity index (χ3n) is 6.42. The third kappa shape index (κ3) is 4.81. The zero-order valence-corrected chi connectivity index (χ0v) is 20.8. The predicted octanol–water partition coefficient (Wildman–Crippen LogP) is 6.30. The van der Waals surface area contributed by atoms with Crippen LogP contribution in [0.5, 0.6) is 11.5 Å². The van der Waals surface area contributed by atoms with Crippen molar-refractivity contribution in [3.63, 3.8) is 0 Å². The number of ether oxygens (including phenoxy) is 1. The van der Waals surface area contributed by atoms with Crippen molar-refractivity contribution in [2.24, 2.45) is 0 Å². The van der Waals surface area contributed by atoms with Gasteiger partial charge in [0.05, 0.1) is 24.0 Å². The summed E-state index contributed by atoms with van der Waals surface area (Å²) in [6, 6.07) is 33.8. The molecule has 37 heavy (non-hydrogen) atoms. The van der Waals surface area contributed by atoms with Crippen LogP contribution in [-0.2, 0) is 6.54 Å². The summed E-state index contributed by atoms with van der Waals surface area (Å²) < 4.78 is 8.24. The van der Waals surface area contributed by atoms with Gasteiger partial charge in [-0.2, -0.15) is 0 Å². The van der Waals surface area contributed by atoms with Crippen molar-refractivity contribution < 1.29 is 4.74 Å². The quantitative estimate of drug-likeness (QED) is 0.263. The fraction of sp³-hybridized carbons (Fsp3) is 0.100. The standard InChI is InChI=1S/C30H25N5OS/c37-30-33-28(26-12-5-7-19-32-26)29(27-13-8-20-34(27)21-22-9-4-6-18-31-22)35(30)23-14-16-25(17-15-23)36-24-10-2-1-3-11-24/h1-20,28-29H,21H2,(H,33,37)/t28-,29-/m1/s1. The highest BCUT2D eigenvalue weighted by atomic mass is 32.1. The molecule has 0 aliphatic carbocycles. The first-order chi connectivity index (χ1) is 18.3. The molecular formula is C30H25N5OS. The van der Waals surface area contributed by atoms with Gasteiger partial charge < -0.3 is 19.5 Å². The van der Waals surface area contributed by atoms with Crippen molar-refractivity contribution in [2.75, 3.05) is 4.90 Å².